The maximum atomic E-state index is 13.9. The Morgan fingerprint density at radius 3 is 2.41 bits per heavy atom. The van der Waals surface area contributed by atoms with E-state index < -0.39 is 11.7 Å². The van der Waals surface area contributed by atoms with Gasteiger partial charge in [0.25, 0.3) is 5.91 Å². The van der Waals surface area contributed by atoms with Crippen LogP contribution in [0.5, 0.6) is 0 Å². The van der Waals surface area contributed by atoms with Crippen molar-refractivity contribution in [2.24, 2.45) is 0 Å². The molecule has 1 heterocycles. The summed E-state index contributed by atoms with van der Waals surface area (Å²) in [6.07, 6.45) is 0. The zero-order chi connectivity index (χ0) is 22.5. The van der Waals surface area contributed by atoms with Gasteiger partial charge in [0.05, 0.1) is 12.1 Å². The lowest BCUT2D eigenvalue weighted by atomic mass is 10.2. The number of rotatable bonds is 7. The number of thioether (sulfide) groups is 1. The van der Waals surface area contributed by atoms with Crippen molar-refractivity contribution >= 4 is 33.6 Å². The monoisotopic (exact) mass is 514 g/mol. The van der Waals surface area contributed by atoms with Crippen LogP contribution in [0.25, 0.3) is 5.69 Å². The molecule has 0 unspecified atom stereocenters. The van der Waals surface area contributed by atoms with Crippen LogP contribution in [0.1, 0.15) is 21.7 Å². The maximum Gasteiger partial charge on any atom is 0.254 e. The van der Waals surface area contributed by atoms with Gasteiger partial charge in [-0.1, -0.05) is 52.0 Å². The molecule has 0 aliphatic heterocycles. The maximum absolute atomic E-state index is 13.9. The third-order valence-electron chi connectivity index (χ3n) is 4.59. The van der Waals surface area contributed by atoms with Crippen LogP contribution < -0.4 is 5.32 Å². The Balaban J connectivity index is 1.57. The van der Waals surface area contributed by atoms with Gasteiger partial charge in [0.15, 0.2) is 11.0 Å². The Hall–Kier alpha value is -3.04. The molecule has 0 saturated carbocycles. The standard InChI is InChI=1S/C23H17BrF2N4OS/c24-16-7-5-15(6-8-16)14-32-23-29-28-21(30(23)18-11-9-17(25)10-12-18)13-27-22(31)19-3-1-2-4-20(19)26/h1-12H,13-14H2,(H,27,31). The second-order valence-corrected chi connectivity index (χ2v) is 8.65. The number of nitrogens with one attached hydrogen (secondary N) is 1. The molecule has 4 aromatic rings. The lowest BCUT2D eigenvalue weighted by Crippen LogP contribution is -2.25. The fraction of sp³-hybridized carbons (Fsp3) is 0.0870. The van der Waals surface area contributed by atoms with Gasteiger partial charge in [-0.3, -0.25) is 9.36 Å². The zero-order valence-corrected chi connectivity index (χ0v) is 19.0. The van der Waals surface area contributed by atoms with Crippen LogP contribution in [0, 0.1) is 11.6 Å². The summed E-state index contributed by atoms with van der Waals surface area (Å²) < 4.78 is 30.1. The number of nitrogens with zero attached hydrogens (tertiary/aromatic N) is 3. The van der Waals surface area contributed by atoms with E-state index in [9.17, 15) is 13.6 Å². The molecule has 5 nitrogen and oxygen atoms in total. The van der Waals surface area contributed by atoms with Crippen molar-refractivity contribution in [3.05, 3.63) is 106 Å². The number of amides is 1. The van der Waals surface area contributed by atoms with Crippen LogP contribution >= 0.6 is 27.7 Å². The molecule has 3 aromatic carbocycles. The van der Waals surface area contributed by atoms with Gasteiger partial charge in [0, 0.05) is 15.9 Å². The molecule has 0 fully saturated rings. The Morgan fingerprint density at radius 2 is 1.69 bits per heavy atom. The molecule has 0 saturated heterocycles. The highest BCUT2D eigenvalue weighted by Crippen LogP contribution is 2.26. The van der Waals surface area contributed by atoms with Crippen molar-refractivity contribution in [1.82, 2.24) is 20.1 Å². The van der Waals surface area contributed by atoms with Crippen molar-refractivity contribution in [1.29, 1.82) is 0 Å². The minimum atomic E-state index is -0.601. The highest BCUT2D eigenvalue weighted by atomic mass is 79.9. The number of halogens is 3. The summed E-state index contributed by atoms with van der Waals surface area (Å²) in [5, 5.41) is 11.7. The van der Waals surface area contributed by atoms with Crippen LogP contribution in [0.2, 0.25) is 0 Å². The van der Waals surface area contributed by atoms with E-state index in [2.05, 4.69) is 31.4 Å². The highest BCUT2D eigenvalue weighted by molar-refractivity contribution is 9.10. The SMILES string of the molecule is O=C(NCc1nnc(SCc2ccc(Br)cc2)n1-c1ccc(F)cc1)c1ccccc1F. The van der Waals surface area contributed by atoms with Crippen LogP contribution in [0.4, 0.5) is 8.78 Å². The predicted octanol–water partition coefficient (Wildman–Crippen LogP) is 5.53. The van der Waals surface area contributed by atoms with E-state index >= 15 is 0 Å². The van der Waals surface area contributed by atoms with E-state index in [1.54, 1.807) is 22.8 Å². The van der Waals surface area contributed by atoms with Gasteiger partial charge in [-0.25, -0.2) is 8.78 Å². The first-order valence-electron chi connectivity index (χ1n) is 9.61. The molecule has 0 aliphatic carbocycles. The van der Waals surface area contributed by atoms with Crippen molar-refractivity contribution in [3.63, 3.8) is 0 Å². The van der Waals surface area contributed by atoms with E-state index in [0.29, 0.717) is 22.4 Å². The zero-order valence-electron chi connectivity index (χ0n) is 16.6. The number of hydrogen-bond acceptors (Lipinski definition) is 4. The Labute approximate surface area is 196 Å². The van der Waals surface area contributed by atoms with Gasteiger partial charge in [-0.05, 0) is 54.1 Å². The van der Waals surface area contributed by atoms with Crippen LogP contribution in [0.15, 0.2) is 82.4 Å². The van der Waals surface area contributed by atoms with Crippen LogP contribution in [-0.4, -0.2) is 20.7 Å². The largest absolute Gasteiger partial charge is 0.345 e. The number of aromatic nitrogens is 3. The molecule has 32 heavy (non-hydrogen) atoms. The Bertz CT molecular complexity index is 1230. The summed E-state index contributed by atoms with van der Waals surface area (Å²) in [7, 11) is 0. The molecule has 4 rings (SSSR count). The molecule has 1 amide bonds. The van der Waals surface area contributed by atoms with Crippen molar-refractivity contribution in [2.45, 2.75) is 17.5 Å². The first-order chi connectivity index (χ1) is 15.5. The fourth-order valence-corrected chi connectivity index (χ4v) is 4.18. The second-order valence-electron chi connectivity index (χ2n) is 6.79. The van der Waals surface area contributed by atoms with Crippen molar-refractivity contribution in [3.8, 4) is 5.69 Å². The number of carbonyl (C=O) groups excluding carboxylic acids is 1. The molecule has 0 spiro atoms. The molecule has 0 aliphatic rings. The minimum Gasteiger partial charge on any atom is -0.345 e. The van der Waals surface area contributed by atoms with Gasteiger partial charge in [0.2, 0.25) is 0 Å². The molecular weight excluding hydrogens is 498 g/mol. The van der Waals surface area contributed by atoms with E-state index in [1.807, 2.05) is 24.3 Å². The lowest BCUT2D eigenvalue weighted by molar-refractivity contribution is 0.0945. The molecule has 162 valence electrons. The number of carbonyl (C=O) groups is 1. The van der Waals surface area contributed by atoms with E-state index in [1.165, 1.54) is 42.1 Å². The van der Waals surface area contributed by atoms with Gasteiger partial charge in [0.1, 0.15) is 11.6 Å². The third-order valence-corrected chi connectivity index (χ3v) is 6.12. The first kappa shape index (κ1) is 22.2. The lowest BCUT2D eigenvalue weighted by Gasteiger charge is -2.11. The number of benzene rings is 3. The smallest absolute Gasteiger partial charge is 0.254 e. The van der Waals surface area contributed by atoms with E-state index in [-0.39, 0.29) is 17.9 Å². The number of hydrogen-bond donors (Lipinski definition) is 1. The average molecular weight is 515 g/mol. The molecule has 0 bridgehead atoms. The summed E-state index contributed by atoms with van der Waals surface area (Å²) in [6.45, 7) is 0.0242. The topological polar surface area (TPSA) is 59.8 Å². The minimum absolute atomic E-state index is 0.0242. The van der Waals surface area contributed by atoms with E-state index in [4.69, 9.17) is 0 Å². The molecule has 9 heteroatoms. The van der Waals surface area contributed by atoms with Gasteiger partial charge in [-0.2, -0.15) is 0 Å². The quantitative estimate of drug-likeness (QED) is 0.329. The Kier molecular flexibility index (Phi) is 6.96. The van der Waals surface area contributed by atoms with Gasteiger partial charge in [-0.15, -0.1) is 10.2 Å². The normalized spacial score (nSPS) is 10.8. The van der Waals surface area contributed by atoms with Crippen LogP contribution in [0.3, 0.4) is 0 Å². The average Bonchev–Trinajstić information content (AvgIpc) is 3.21. The summed E-state index contributed by atoms with van der Waals surface area (Å²) in [5.41, 5.74) is 1.70. The molecule has 1 aromatic heterocycles. The Morgan fingerprint density at radius 1 is 0.969 bits per heavy atom. The van der Waals surface area contributed by atoms with Crippen molar-refractivity contribution < 1.29 is 13.6 Å². The van der Waals surface area contributed by atoms with Crippen LogP contribution in [-0.2, 0) is 12.3 Å². The van der Waals surface area contributed by atoms with Crippen molar-refractivity contribution in [2.75, 3.05) is 0 Å². The second kappa shape index (κ2) is 10.1. The van der Waals surface area contributed by atoms with Gasteiger partial charge < -0.3 is 5.32 Å². The van der Waals surface area contributed by atoms with Gasteiger partial charge >= 0.3 is 0 Å². The molecular formula is C23H17BrF2N4OS. The predicted molar refractivity (Wildman–Crippen MR) is 123 cm³/mol. The molecule has 1 N–H and O–H groups in total. The summed E-state index contributed by atoms with van der Waals surface area (Å²) in [4.78, 5) is 12.4. The molecule has 0 radical (unpaired) electrons. The highest BCUT2D eigenvalue weighted by Gasteiger charge is 2.17. The third kappa shape index (κ3) is 5.23. The first-order valence-corrected chi connectivity index (χ1v) is 11.4. The summed E-state index contributed by atoms with van der Waals surface area (Å²) in [5.74, 6) is -0.426. The summed E-state index contributed by atoms with van der Waals surface area (Å²) in [6, 6.07) is 19.6. The van der Waals surface area contributed by atoms with E-state index in [0.717, 1.165) is 10.0 Å². The fourth-order valence-electron chi connectivity index (χ4n) is 2.99. The molecule has 0 atom stereocenters. The summed E-state index contributed by atoms with van der Waals surface area (Å²) >= 11 is 4.89.